The fraction of sp³-hybridized carbons (Fsp3) is 0.500. The number of hydrogen-bond donors (Lipinski definition) is 0. The largest absolute Gasteiger partial charge is 0.465 e. The number of esters is 1. The van der Waals surface area contributed by atoms with E-state index < -0.39 is 0 Å². The summed E-state index contributed by atoms with van der Waals surface area (Å²) < 4.78 is 5.13. The Hall–Kier alpha value is -0.960. The maximum Gasteiger partial charge on any atom is 0.323 e. The minimum Gasteiger partial charge on any atom is -0.465 e. The van der Waals surface area contributed by atoms with Crippen molar-refractivity contribution < 1.29 is 9.53 Å². The molecule has 0 heterocycles. The van der Waals surface area contributed by atoms with Crippen LogP contribution in [0.3, 0.4) is 0 Å². The first-order valence-corrected chi connectivity index (χ1v) is 7.17. The molecule has 0 bridgehead atoms. The lowest BCUT2D eigenvalue weighted by molar-refractivity contribution is -0.142. The van der Waals surface area contributed by atoms with Gasteiger partial charge in [-0.15, -0.1) is 11.8 Å². The third kappa shape index (κ3) is 4.82. The van der Waals surface area contributed by atoms with Crippen molar-refractivity contribution in [2.45, 2.75) is 31.9 Å². The summed E-state index contributed by atoms with van der Waals surface area (Å²) in [6.07, 6.45) is 2.28. The van der Waals surface area contributed by atoms with Crippen LogP contribution in [0, 0.1) is 0 Å². The zero-order valence-electron chi connectivity index (χ0n) is 10.5. The van der Waals surface area contributed by atoms with Crippen molar-refractivity contribution in [2.75, 3.05) is 12.4 Å². The number of hydrogen-bond acceptors (Lipinski definition) is 3. The predicted molar refractivity (Wildman–Crippen MR) is 73.2 cm³/mol. The van der Waals surface area contributed by atoms with Crippen molar-refractivity contribution in [3.8, 4) is 0 Å². The molecule has 1 aromatic carbocycles. The van der Waals surface area contributed by atoms with Crippen LogP contribution in [0.25, 0.3) is 0 Å². The Bertz CT molecular complexity index is 324. The van der Waals surface area contributed by atoms with Crippen LogP contribution in [0.2, 0.25) is 0 Å². The van der Waals surface area contributed by atoms with Gasteiger partial charge in [-0.25, -0.2) is 0 Å². The molecule has 0 aliphatic heterocycles. The Balaban J connectivity index is 2.68. The summed E-state index contributed by atoms with van der Waals surface area (Å²) in [6, 6.07) is 9.85. The quantitative estimate of drug-likeness (QED) is 0.545. The van der Waals surface area contributed by atoms with Gasteiger partial charge in [-0.3, -0.25) is 4.79 Å². The van der Waals surface area contributed by atoms with Gasteiger partial charge in [0.25, 0.3) is 0 Å². The zero-order valence-corrected chi connectivity index (χ0v) is 11.3. The second-order valence-corrected chi connectivity index (χ2v) is 4.98. The molecule has 0 spiro atoms. The van der Waals surface area contributed by atoms with Crippen LogP contribution < -0.4 is 0 Å². The molecular weight excluding hydrogens is 232 g/mol. The number of unbranched alkanes of at least 4 members (excludes halogenated alkanes) is 1. The van der Waals surface area contributed by atoms with Crippen LogP contribution in [-0.4, -0.2) is 18.3 Å². The molecule has 2 nitrogen and oxygen atoms in total. The summed E-state index contributed by atoms with van der Waals surface area (Å²) in [4.78, 5) is 11.9. The Kier molecular flexibility index (Phi) is 6.78. The van der Waals surface area contributed by atoms with Gasteiger partial charge in [0.1, 0.15) is 5.25 Å². The first-order valence-electron chi connectivity index (χ1n) is 6.12. The van der Waals surface area contributed by atoms with Gasteiger partial charge in [0.15, 0.2) is 0 Å². The monoisotopic (exact) mass is 252 g/mol. The molecule has 0 amide bonds. The first kappa shape index (κ1) is 14.1. The van der Waals surface area contributed by atoms with E-state index in [9.17, 15) is 4.79 Å². The molecule has 1 rings (SSSR count). The highest BCUT2D eigenvalue weighted by atomic mass is 32.2. The van der Waals surface area contributed by atoms with Crippen LogP contribution in [0.1, 0.15) is 37.5 Å². The van der Waals surface area contributed by atoms with Crippen LogP contribution in [0.15, 0.2) is 30.3 Å². The van der Waals surface area contributed by atoms with Crippen molar-refractivity contribution in [1.29, 1.82) is 0 Å². The molecular formula is C14H20O2S. The maximum atomic E-state index is 11.9. The normalized spacial score (nSPS) is 12.1. The highest BCUT2D eigenvalue weighted by Gasteiger charge is 2.21. The number of thioether (sulfide) groups is 1. The molecule has 0 saturated carbocycles. The van der Waals surface area contributed by atoms with E-state index >= 15 is 0 Å². The lowest BCUT2D eigenvalue weighted by atomic mass is 10.1. The molecule has 0 aliphatic carbocycles. The van der Waals surface area contributed by atoms with E-state index in [1.54, 1.807) is 11.8 Å². The number of carbonyl (C=O) groups excluding carboxylic acids is 1. The van der Waals surface area contributed by atoms with E-state index in [1.807, 2.05) is 37.3 Å². The van der Waals surface area contributed by atoms with Crippen LogP contribution in [-0.2, 0) is 9.53 Å². The van der Waals surface area contributed by atoms with E-state index in [4.69, 9.17) is 4.74 Å². The van der Waals surface area contributed by atoms with Crippen molar-refractivity contribution in [1.82, 2.24) is 0 Å². The Morgan fingerprint density at radius 3 is 2.59 bits per heavy atom. The number of carbonyl (C=O) groups is 1. The van der Waals surface area contributed by atoms with Gasteiger partial charge in [-0.05, 0) is 24.7 Å². The van der Waals surface area contributed by atoms with Crippen LogP contribution >= 0.6 is 11.8 Å². The molecule has 0 aromatic heterocycles. The summed E-state index contributed by atoms with van der Waals surface area (Å²) in [6.45, 7) is 4.44. The second-order valence-electron chi connectivity index (χ2n) is 3.77. The standard InChI is InChI=1S/C14H20O2S/c1-3-5-11-17-13(14(15)16-4-2)12-9-7-6-8-10-12/h6-10,13H,3-5,11H2,1-2H3. The highest BCUT2D eigenvalue weighted by Crippen LogP contribution is 2.30. The van der Waals surface area contributed by atoms with E-state index in [2.05, 4.69) is 6.92 Å². The van der Waals surface area contributed by atoms with Gasteiger partial charge in [0.05, 0.1) is 6.61 Å². The van der Waals surface area contributed by atoms with Crippen molar-refractivity contribution in [3.63, 3.8) is 0 Å². The van der Waals surface area contributed by atoms with Crippen molar-refractivity contribution >= 4 is 17.7 Å². The number of ether oxygens (including phenoxy) is 1. The molecule has 94 valence electrons. The minimum atomic E-state index is -0.178. The van der Waals surface area contributed by atoms with E-state index in [1.165, 1.54) is 0 Å². The van der Waals surface area contributed by atoms with E-state index in [-0.39, 0.29) is 11.2 Å². The SMILES string of the molecule is CCCCSC(C(=O)OCC)c1ccccc1. The van der Waals surface area contributed by atoms with Gasteiger partial charge in [0.2, 0.25) is 0 Å². The van der Waals surface area contributed by atoms with Gasteiger partial charge < -0.3 is 4.74 Å². The molecule has 1 aromatic rings. The first-order chi connectivity index (χ1) is 8.29. The molecule has 0 radical (unpaired) electrons. The fourth-order valence-electron chi connectivity index (χ4n) is 1.49. The average Bonchev–Trinajstić information content (AvgIpc) is 2.36. The van der Waals surface area contributed by atoms with Gasteiger partial charge in [0, 0.05) is 0 Å². The van der Waals surface area contributed by atoms with Gasteiger partial charge in [-0.2, -0.15) is 0 Å². The third-order valence-electron chi connectivity index (χ3n) is 2.39. The molecule has 0 fully saturated rings. The minimum absolute atomic E-state index is 0.125. The topological polar surface area (TPSA) is 26.3 Å². The van der Waals surface area contributed by atoms with Crippen LogP contribution in [0.5, 0.6) is 0 Å². The zero-order chi connectivity index (χ0) is 12.5. The molecule has 0 aliphatic rings. The smallest absolute Gasteiger partial charge is 0.323 e. The third-order valence-corrected chi connectivity index (χ3v) is 3.71. The summed E-state index contributed by atoms with van der Waals surface area (Å²) in [7, 11) is 0. The second kappa shape index (κ2) is 8.18. The molecule has 0 saturated heterocycles. The summed E-state index contributed by atoms with van der Waals surface area (Å²) in [5.74, 6) is 0.870. The Morgan fingerprint density at radius 1 is 1.29 bits per heavy atom. The Labute approximate surface area is 108 Å². The molecule has 1 unspecified atom stereocenters. The molecule has 17 heavy (non-hydrogen) atoms. The number of benzene rings is 1. The van der Waals surface area contributed by atoms with Gasteiger partial charge in [-0.1, -0.05) is 43.7 Å². The predicted octanol–water partition coefficient (Wildman–Crippen LogP) is 3.82. The summed E-state index contributed by atoms with van der Waals surface area (Å²) >= 11 is 1.67. The van der Waals surface area contributed by atoms with Gasteiger partial charge >= 0.3 is 5.97 Å². The Morgan fingerprint density at radius 2 is 2.00 bits per heavy atom. The molecule has 3 heteroatoms. The lowest BCUT2D eigenvalue weighted by Gasteiger charge is -2.15. The molecule has 1 atom stereocenters. The molecule has 0 N–H and O–H groups in total. The van der Waals surface area contributed by atoms with Crippen molar-refractivity contribution in [2.24, 2.45) is 0 Å². The average molecular weight is 252 g/mol. The number of rotatable bonds is 7. The summed E-state index contributed by atoms with van der Waals surface area (Å²) in [5, 5.41) is -0.178. The van der Waals surface area contributed by atoms with E-state index in [0.29, 0.717) is 6.61 Å². The fourth-order valence-corrected chi connectivity index (χ4v) is 2.74. The maximum absolute atomic E-state index is 11.9. The lowest BCUT2D eigenvalue weighted by Crippen LogP contribution is -2.13. The highest BCUT2D eigenvalue weighted by molar-refractivity contribution is 8.00. The van der Waals surface area contributed by atoms with Crippen LogP contribution in [0.4, 0.5) is 0 Å². The summed E-state index contributed by atoms with van der Waals surface area (Å²) in [5.41, 5.74) is 1.03. The van der Waals surface area contributed by atoms with Crippen molar-refractivity contribution in [3.05, 3.63) is 35.9 Å². The van der Waals surface area contributed by atoms with E-state index in [0.717, 1.165) is 24.2 Å².